The van der Waals surface area contributed by atoms with E-state index in [1.165, 1.54) is 71.9 Å². The van der Waals surface area contributed by atoms with E-state index in [0.29, 0.717) is 0 Å². The average molecular weight is 761 g/mol. The molecule has 6 aromatic carbocycles. The van der Waals surface area contributed by atoms with Crippen LogP contribution in [0.5, 0.6) is 0 Å². The molecule has 0 fully saturated rings. The fraction of sp³-hybridized carbons (Fsp3) is 0.127. The average Bonchev–Trinajstić information content (AvgIpc) is 3.75. The molecule has 4 heteroatoms. The number of rotatable bonds is 7. The van der Waals surface area contributed by atoms with E-state index >= 15 is 0 Å². The summed E-state index contributed by atoms with van der Waals surface area (Å²) in [7, 11) is 0. The van der Waals surface area contributed by atoms with Crippen molar-refractivity contribution in [3.63, 3.8) is 0 Å². The van der Waals surface area contributed by atoms with E-state index in [0.717, 1.165) is 42.0 Å². The molecule has 59 heavy (non-hydrogen) atoms. The highest BCUT2D eigenvalue weighted by Gasteiger charge is 2.36. The van der Waals surface area contributed by atoms with Gasteiger partial charge in [0.2, 0.25) is 0 Å². The minimum Gasteiger partial charge on any atom is -0.249 e. The maximum absolute atomic E-state index is 4.65. The summed E-state index contributed by atoms with van der Waals surface area (Å²) in [6.45, 7) is 4.74. The lowest BCUT2D eigenvalue weighted by Crippen LogP contribution is -2.30. The van der Waals surface area contributed by atoms with Gasteiger partial charge in [0.25, 0.3) is 0 Å². The van der Waals surface area contributed by atoms with Crippen LogP contribution < -0.4 is 5.01 Å². The van der Waals surface area contributed by atoms with Crippen LogP contribution in [0.2, 0.25) is 0 Å². The van der Waals surface area contributed by atoms with Crippen LogP contribution in [0.25, 0.3) is 60.8 Å². The van der Waals surface area contributed by atoms with Crippen LogP contribution >= 0.6 is 0 Å². The summed E-state index contributed by atoms with van der Waals surface area (Å²) >= 11 is 0. The van der Waals surface area contributed by atoms with Crippen molar-refractivity contribution < 1.29 is 0 Å². The molecule has 3 aliphatic rings. The molecule has 0 saturated carbocycles. The lowest BCUT2D eigenvalue weighted by Gasteiger charge is -2.33. The van der Waals surface area contributed by atoms with Crippen LogP contribution in [0, 0.1) is 0 Å². The zero-order chi connectivity index (χ0) is 39.5. The second-order valence-electron chi connectivity index (χ2n) is 16.4. The summed E-state index contributed by atoms with van der Waals surface area (Å²) in [5.74, 6) is 0.943. The zero-order valence-electron chi connectivity index (χ0n) is 33.4. The van der Waals surface area contributed by atoms with E-state index in [9.17, 15) is 0 Å². The van der Waals surface area contributed by atoms with Crippen molar-refractivity contribution in [2.24, 2.45) is 0 Å². The van der Waals surface area contributed by atoms with Gasteiger partial charge >= 0.3 is 0 Å². The summed E-state index contributed by atoms with van der Waals surface area (Å²) in [6.07, 6.45) is 20.6. The third-order valence-electron chi connectivity index (χ3n) is 12.6. The van der Waals surface area contributed by atoms with Crippen molar-refractivity contribution in [1.29, 1.82) is 0 Å². The van der Waals surface area contributed by atoms with Gasteiger partial charge in [-0.3, -0.25) is 0 Å². The molecule has 8 aromatic rings. The lowest BCUT2D eigenvalue weighted by atomic mass is 9.82. The Morgan fingerprint density at radius 3 is 2.10 bits per heavy atom. The number of allylic oxidation sites excluding steroid dienone is 7. The Labute approximate surface area is 345 Å². The maximum Gasteiger partial charge on any atom is 0.135 e. The molecule has 2 aromatic heterocycles. The molecule has 0 N–H and O–H groups in total. The van der Waals surface area contributed by atoms with Gasteiger partial charge in [-0.2, -0.15) is 0 Å². The van der Waals surface area contributed by atoms with Crippen LogP contribution in [0.1, 0.15) is 61.5 Å². The number of hydrogen-bond acceptors (Lipinski definition) is 3. The van der Waals surface area contributed by atoms with Crippen molar-refractivity contribution in [3.8, 4) is 33.4 Å². The number of nitrogens with zero attached hydrogens (tertiary/aromatic N) is 4. The first kappa shape index (κ1) is 35.1. The molecule has 4 nitrogen and oxygen atoms in total. The number of fused-ring (bicyclic) bond motifs is 6. The quantitative estimate of drug-likeness (QED) is 0.162. The SMILES string of the molecule is CC1(C)c2ccccc2-c2ccc(N(C3=CCC(c4ncccn4)C=C3)n3c4ccc(-c5ccccc5)cc4c4c(-c5ccccc5)ccc(C5=CCCC=C5)c43)cc21. The molecule has 0 radical (unpaired) electrons. The highest BCUT2D eigenvalue weighted by molar-refractivity contribution is 6.19. The van der Waals surface area contributed by atoms with Crippen molar-refractivity contribution >= 4 is 33.1 Å². The van der Waals surface area contributed by atoms with Crippen LogP contribution in [0.4, 0.5) is 5.69 Å². The Balaban J connectivity index is 1.23. The standard InChI is InChI=1S/C55H44N4/c1-55(2)49-22-13-12-21-46(49)47-29-28-43(36-50(47)55)58(42-26-23-40(24-27-42)54-56-33-14-34-57-54)59-51-32-25-41(37-15-6-3-7-16-37)35-48(51)52-44(38-17-8-4-9-18-38)30-31-45(53(52)59)39-19-10-5-11-20-39/h3-4,6-10,12-23,25-36,40H,5,11,24H2,1-2H3. The zero-order valence-corrected chi connectivity index (χ0v) is 33.4. The molecule has 2 heterocycles. The van der Waals surface area contributed by atoms with Crippen LogP contribution in [0.15, 0.2) is 194 Å². The number of aromatic nitrogens is 3. The summed E-state index contributed by atoms with van der Waals surface area (Å²) < 4.78 is 2.52. The van der Waals surface area contributed by atoms with Gasteiger partial charge in [-0.15, -0.1) is 0 Å². The molecular weight excluding hydrogens is 717 g/mol. The molecule has 0 amide bonds. The lowest BCUT2D eigenvalue weighted by molar-refractivity contribution is 0.659. The van der Waals surface area contributed by atoms with Crippen molar-refractivity contribution in [3.05, 3.63) is 217 Å². The molecule has 0 spiro atoms. The van der Waals surface area contributed by atoms with E-state index in [-0.39, 0.29) is 11.3 Å². The Morgan fingerprint density at radius 2 is 1.34 bits per heavy atom. The Kier molecular flexibility index (Phi) is 8.40. The first-order valence-corrected chi connectivity index (χ1v) is 20.8. The minimum absolute atomic E-state index is 0.0969. The van der Waals surface area contributed by atoms with E-state index in [2.05, 4.69) is 203 Å². The summed E-state index contributed by atoms with van der Waals surface area (Å²) in [5.41, 5.74) is 17.1. The highest BCUT2D eigenvalue weighted by atomic mass is 15.6. The second-order valence-corrected chi connectivity index (χ2v) is 16.4. The Morgan fingerprint density at radius 1 is 0.610 bits per heavy atom. The van der Waals surface area contributed by atoms with Gasteiger partial charge in [0.05, 0.1) is 22.4 Å². The molecule has 3 aliphatic carbocycles. The maximum atomic E-state index is 4.65. The second kappa shape index (κ2) is 14.1. The first-order valence-electron chi connectivity index (χ1n) is 20.8. The molecule has 1 unspecified atom stereocenters. The first-order chi connectivity index (χ1) is 29.0. The van der Waals surface area contributed by atoms with Crippen LogP contribution in [-0.4, -0.2) is 14.6 Å². The molecule has 11 rings (SSSR count). The fourth-order valence-corrected chi connectivity index (χ4v) is 9.71. The summed E-state index contributed by atoms with van der Waals surface area (Å²) in [6, 6.07) is 51.3. The highest BCUT2D eigenvalue weighted by Crippen LogP contribution is 2.51. The van der Waals surface area contributed by atoms with Gasteiger partial charge in [-0.05, 0) is 106 Å². The van der Waals surface area contributed by atoms with Crippen LogP contribution in [0.3, 0.4) is 0 Å². The van der Waals surface area contributed by atoms with Crippen molar-refractivity contribution in [2.45, 2.75) is 44.4 Å². The molecule has 0 bridgehead atoms. The monoisotopic (exact) mass is 760 g/mol. The van der Waals surface area contributed by atoms with Crippen LogP contribution in [-0.2, 0) is 5.41 Å². The minimum atomic E-state index is -0.158. The largest absolute Gasteiger partial charge is 0.249 e. The van der Waals surface area contributed by atoms with E-state index in [1.54, 1.807) is 0 Å². The molecular formula is C55H44N4. The Bertz CT molecular complexity index is 3040. The normalized spacial score (nSPS) is 16.5. The molecule has 0 saturated heterocycles. The summed E-state index contributed by atoms with van der Waals surface area (Å²) in [4.78, 5) is 9.30. The summed E-state index contributed by atoms with van der Waals surface area (Å²) in [5, 5.41) is 4.95. The topological polar surface area (TPSA) is 34.0 Å². The van der Waals surface area contributed by atoms with Gasteiger partial charge < -0.3 is 0 Å². The van der Waals surface area contributed by atoms with Crippen molar-refractivity contribution in [2.75, 3.05) is 5.01 Å². The van der Waals surface area contributed by atoms with Gasteiger partial charge in [0.15, 0.2) is 0 Å². The predicted molar refractivity (Wildman–Crippen MR) is 245 cm³/mol. The van der Waals surface area contributed by atoms with Gasteiger partial charge in [0.1, 0.15) is 5.82 Å². The third kappa shape index (κ3) is 5.81. The van der Waals surface area contributed by atoms with Crippen molar-refractivity contribution in [1.82, 2.24) is 14.6 Å². The van der Waals surface area contributed by atoms with Gasteiger partial charge in [-0.1, -0.05) is 153 Å². The number of hydrogen-bond donors (Lipinski definition) is 0. The van der Waals surface area contributed by atoms with E-state index in [4.69, 9.17) is 0 Å². The van der Waals surface area contributed by atoms with Gasteiger partial charge in [0, 0.05) is 40.1 Å². The van der Waals surface area contributed by atoms with Gasteiger partial charge in [-0.25, -0.2) is 19.7 Å². The van der Waals surface area contributed by atoms with E-state index < -0.39 is 0 Å². The number of anilines is 1. The molecule has 0 aliphatic heterocycles. The smallest absolute Gasteiger partial charge is 0.135 e. The fourth-order valence-electron chi connectivity index (χ4n) is 9.71. The molecule has 1 atom stereocenters. The third-order valence-corrected chi connectivity index (χ3v) is 12.6. The predicted octanol–water partition coefficient (Wildman–Crippen LogP) is 13.9. The number of benzene rings is 6. The van der Waals surface area contributed by atoms with E-state index in [1.807, 2.05) is 18.5 Å². The molecule has 284 valence electrons. The Hall–Kier alpha value is -7.04.